The van der Waals surface area contributed by atoms with Gasteiger partial charge in [-0.3, -0.25) is 0 Å². The number of hydrogen-bond acceptors (Lipinski definition) is 4. The van der Waals surface area contributed by atoms with Gasteiger partial charge in [0.05, 0.1) is 0 Å². The van der Waals surface area contributed by atoms with Crippen molar-refractivity contribution in [3.05, 3.63) is 203 Å². The van der Waals surface area contributed by atoms with Gasteiger partial charge in [0.2, 0.25) is 0 Å². The highest BCUT2D eigenvalue weighted by molar-refractivity contribution is 6.09. The number of anilines is 4. The Bertz CT molecular complexity index is 3300. The first-order valence-electron chi connectivity index (χ1n) is 30.0. The number of fused-ring (bicyclic) bond motifs is 4. The molecular formula is C72H86N6+2. The van der Waals surface area contributed by atoms with E-state index in [-0.39, 0.29) is 0 Å². The standard InChI is InChI=1S/C72H84N6/c1-9-75(10-2)59-33-25-53(26-34-59)71(54-27-35-60(36-28-54)76(11-3)12-4)67-41-43-69(65-23-19-17-21-63(65)67)73-49-52-45-51-46-57(48-52)58(47-51)50-74-70-44-42-68(64-22-18-20-24-66(64)70)72(55-29-37-61(38-30-55)77(13-5)14-6)56-31-39-62(40-32-56)78(15-7)16-8/h17-44,51-52,57-58H,9-16,45-50H2,1-8H3/p+2. The Hall–Kier alpha value is -7.18. The lowest BCUT2D eigenvalue weighted by Gasteiger charge is -2.30. The van der Waals surface area contributed by atoms with Crippen LogP contribution in [0.25, 0.3) is 32.7 Å². The average Bonchev–Trinajstić information content (AvgIpc) is 3.85. The van der Waals surface area contributed by atoms with Gasteiger partial charge in [0.25, 0.3) is 0 Å². The lowest BCUT2D eigenvalue weighted by atomic mass is 9.79. The molecular weight excluding hydrogens is 949 g/mol. The van der Waals surface area contributed by atoms with E-state index in [0.717, 1.165) is 77.3 Å². The van der Waals surface area contributed by atoms with E-state index in [1.54, 1.807) is 0 Å². The SMILES string of the molecule is CCN(CC)c1ccc(C(=C2C=CC(=[N+](CC)CC)C=C2)c2ccc(NCC3CC4CC(CNc5ccc(C(=C6C=CC(=[N+](CC)CC)C=C6)c6ccc(N(CC)CC)cc6)c6ccccc56)C(C3)C4)c3ccccc23)cc1. The molecule has 78 heavy (non-hydrogen) atoms. The highest BCUT2D eigenvalue weighted by Gasteiger charge is 2.40. The van der Waals surface area contributed by atoms with Gasteiger partial charge in [-0.15, -0.1) is 0 Å². The van der Waals surface area contributed by atoms with Crippen LogP contribution in [0, 0.1) is 23.7 Å². The summed E-state index contributed by atoms with van der Waals surface area (Å²) in [6.07, 6.45) is 23.8. The molecule has 402 valence electrons. The van der Waals surface area contributed by atoms with Crippen molar-refractivity contribution in [2.75, 3.05) is 85.9 Å². The molecule has 2 bridgehead atoms. The van der Waals surface area contributed by atoms with Gasteiger partial charge < -0.3 is 20.4 Å². The highest BCUT2D eigenvalue weighted by Crippen LogP contribution is 2.49. The fourth-order valence-electron chi connectivity index (χ4n) is 13.7. The van der Waals surface area contributed by atoms with Crippen LogP contribution < -0.4 is 20.4 Å². The van der Waals surface area contributed by atoms with Gasteiger partial charge in [-0.25, -0.2) is 9.15 Å². The Labute approximate surface area is 467 Å². The van der Waals surface area contributed by atoms with Gasteiger partial charge >= 0.3 is 0 Å². The smallest absolute Gasteiger partial charge is 0.199 e. The molecule has 6 nitrogen and oxygen atoms in total. The maximum atomic E-state index is 4.07. The Morgan fingerprint density at radius 3 is 1.24 bits per heavy atom. The second-order valence-electron chi connectivity index (χ2n) is 22.0. The highest BCUT2D eigenvalue weighted by atomic mass is 15.1. The quantitative estimate of drug-likeness (QED) is 0.0747. The van der Waals surface area contributed by atoms with Crippen LogP contribution in [0.1, 0.15) is 103 Å². The summed E-state index contributed by atoms with van der Waals surface area (Å²) in [7, 11) is 0. The number of benzene rings is 6. The van der Waals surface area contributed by atoms with Crippen molar-refractivity contribution >= 4 is 66.9 Å². The zero-order chi connectivity index (χ0) is 54.1. The second-order valence-corrected chi connectivity index (χ2v) is 22.0. The summed E-state index contributed by atoms with van der Waals surface area (Å²) >= 11 is 0. The van der Waals surface area contributed by atoms with Crippen LogP contribution in [0.3, 0.4) is 0 Å². The van der Waals surface area contributed by atoms with Gasteiger partial charge in [-0.05, 0) is 221 Å². The second kappa shape index (κ2) is 25.1. The maximum absolute atomic E-state index is 4.07. The number of allylic oxidation sites excluding steroid dienone is 10. The van der Waals surface area contributed by atoms with Crippen LogP contribution in [-0.2, 0) is 0 Å². The van der Waals surface area contributed by atoms with Crippen molar-refractivity contribution in [3.8, 4) is 0 Å². The molecule has 6 heteroatoms. The molecule has 6 aromatic carbocycles. The molecule has 0 radical (unpaired) electrons. The fraction of sp³-hybridized carbons (Fsp3) is 0.361. The predicted octanol–water partition coefficient (Wildman–Crippen LogP) is 16.1. The van der Waals surface area contributed by atoms with Crippen LogP contribution in [0.5, 0.6) is 0 Å². The first kappa shape index (κ1) is 54.2. The third kappa shape index (κ3) is 11.4. The molecule has 0 aromatic heterocycles. The molecule has 0 aliphatic heterocycles. The van der Waals surface area contributed by atoms with Gasteiger partial charge in [-0.1, -0.05) is 84.9 Å². The molecule has 0 saturated heterocycles. The van der Waals surface area contributed by atoms with Gasteiger partial charge in [-0.2, -0.15) is 0 Å². The van der Waals surface area contributed by atoms with E-state index in [9.17, 15) is 0 Å². The van der Waals surface area contributed by atoms with E-state index in [0.29, 0.717) is 11.8 Å². The topological polar surface area (TPSA) is 36.6 Å². The van der Waals surface area contributed by atoms with Crippen molar-refractivity contribution in [2.45, 2.75) is 81.1 Å². The molecule has 2 N–H and O–H groups in total. The van der Waals surface area contributed by atoms with Crippen molar-refractivity contribution in [1.29, 1.82) is 0 Å². The van der Waals surface area contributed by atoms with E-state index >= 15 is 0 Å². The van der Waals surface area contributed by atoms with Crippen molar-refractivity contribution in [2.24, 2.45) is 23.7 Å². The molecule has 4 unspecified atom stereocenters. The summed E-state index contributed by atoms with van der Waals surface area (Å²) in [4.78, 5) is 4.84. The third-order valence-corrected chi connectivity index (χ3v) is 17.9. The molecule has 10 rings (SSSR count). The zero-order valence-electron chi connectivity index (χ0n) is 48.2. The van der Waals surface area contributed by atoms with Crippen molar-refractivity contribution in [3.63, 3.8) is 0 Å². The lowest BCUT2D eigenvalue weighted by molar-refractivity contribution is -0.519. The zero-order valence-corrected chi connectivity index (χ0v) is 48.2. The first-order valence-corrected chi connectivity index (χ1v) is 30.0. The van der Waals surface area contributed by atoms with Crippen LogP contribution in [-0.4, -0.2) is 86.0 Å². The van der Waals surface area contributed by atoms with Crippen LogP contribution in [0.2, 0.25) is 0 Å². The summed E-state index contributed by atoms with van der Waals surface area (Å²) in [6, 6.07) is 46.2. The summed E-state index contributed by atoms with van der Waals surface area (Å²) in [5.74, 6) is 2.86. The molecule has 6 aromatic rings. The normalized spacial score (nSPS) is 18.5. The molecule has 0 amide bonds. The summed E-state index contributed by atoms with van der Waals surface area (Å²) in [5.41, 5.74) is 17.6. The van der Waals surface area contributed by atoms with E-state index < -0.39 is 0 Å². The number of nitrogens with zero attached hydrogens (tertiary/aromatic N) is 4. The lowest BCUT2D eigenvalue weighted by Crippen LogP contribution is -2.25. The van der Waals surface area contributed by atoms with Crippen molar-refractivity contribution in [1.82, 2.24) is 0 Å². The number of hydrogen-bond donors (Lipinski definition) is 2. The molecule has 4 aliphatic rings. The minimum Gasteiger partial charge on any atom is -0.384 e. The monoisotopic (exact) mass is 1030 g/mol. The van der Waals surface area contributed by atoms with E-state index in [2.05, 4.69) is 255 Å². The fourth-order valence-corrected chi connectivity index (χ4v) is 13.7. The van der Waals surface area contributed by atoms with Gasteiger partial charge in [0.15, 0.2) is 11.4 Å². The third-order valence-electron chi connectivity index (χ3n) is 17.9. The molecule has 4 atom stereocenters. The Morgan fingerprint density at radius 1 is 0.423 bits per heavy atom. The van der Waals surface area contributed by atoms with E-state index in [1.165, 1.54) is 126 Å². The maximum Gasteiger partial charge on any atom is 0.199 e. The van der Waals surface area contributed by atoms with E-state index in [1.807, 2.05) is 0 Å². The summed E-state index contributed by atoms with van der Waals surface area (Å²) < 4.78 is 4.84. The Kier molecular flexibility index (Phi) is 17.4. The molecule has 0 spiro atoms. The minimum atomic E-state index is 0.657. The van der Waals surface area contributed by atoms with Gasteiger partial charge in [0, 0.05) is 97.1 Å². The number of nitrogens with one attached hydrogen (secondary N) is 2. The Morgan fingerprint density at radius 2 is 0.833 bits per heavy atom. The summed E-state index contributed by atoms with van der Waals surface area (Å²) in [6.45, 7) is 27.9. The molecule has 2 fully saturated rings. The summed E-state index contributed by atoms with van der Waals surface area (Å²) in [5, 5.41) is 13.3. The molecule has 2 saturated carbocycles. The van der Waals surface area contributed by atoms with E-state index in [4.69, 9.17) is 0 Å². The van der Waals surface area contributed by atoms with Gasteiger partial charge in [0.1, 0.15) is 26.2 Å². The molecule has 4 aliphatic carbocycles. The number of rotatable bonds is 20. The van der Waals surface area contributed by atoms with Crippen molar-refractivity contribution < 1.29 is 9.15 Å². The first-order chi connectivity index (χ1) is 38.3. The average molecular weight is 1040 g/mol. The van der Waals surface area contributed by atoms with Crippen LogP contribution in [0.4, 0.5) is 22.7 Å². The molecule has 0 heterocycles. The van der Waals surface area contributed by atoms with Crippen LogP contribution >= 0.6 is 0 Å². The Balaban J connectivity index is 0.869. The minimum absolute atomic E-state index is 0.657. The largest absolute Gasteiger partial charge is 0.384 e. The predicted molar refractivity (Wildman–Crippen MR) is 339 cm³/mol. The van der Waals surface area contributed by atoms with Crippen LogP contribution in [0.15, 0.2) is 181 Å².